The van der Waals surface area contributed by atoms with Gasteiger partial charge in [-0.25, -0.2) is 10.2 Å². The SMILES string of the molecule is CCN(CC)c1ccc(/C=C(/NC(=O)c2ccccc2Cl)C(=O)N/N=C/c2ccc(OC(=O)c3cccs3)c(OC)c2)cc1. The molecule has 4 aromatic rings. The molecule has 0 unspecified atom stereocenters. The highest BCUT2D eigenvalue weighted by molar-refractivity contribution is 7.12. The van der Waals surface area contributed by atoms with Crippen LogP contribution < -0.4 is 25.1 Å². The maximum atomic E-state index is 13.2. The molecule has 0 spiro atoms. The molecule has 0 saturated heterocycles. The molecule has 1 heterocycles. The first-order chi connectivity index (χ1) is 21.3. The summed E-state index contributed by atoms with van der Waals surface area (Å²) >= 11 is 7.49. The average molecular weight is 631 g/mol. The zero-order valence-electron chi connectivity index (χ0n) is 24.4. The Labute approximate surface area is 264 Å². The molecule has 0 aliphatic heterocycles. The number of nitrogens with one attached hydrogen (secondary N) is 2. The van der Waals surface area contributed by atoms with Gasteiger partial charge in [0.2, 0.25) is 0 Å². The second-order valence-corrected chi connectivity index (χ2v) is 10.6. The molecule has 1 aromatic heterocycles. The van der Waals surface area contributed by atoms with E-state index in [2.05, 4.69) is 34.6 Å². The Balaban J connectivity index is 1.52. The van der Waals surface area contributed by atoms with E-state index in [4.69, 9.17) is 21.1 Å². The van der Waals surface area contributed by atoms with E-state index in [1.165, 1.54) is 24.7 Å². The fourth-order valence-corrected chi connectivity index (χ4v) is 4.97. The molecule has 2 N–H and O–H groups in total. The number of hydrogen-bond donors (Lipinski definition) is 2. The van der Waals surface area contributed by atoms with Gasteiger partial charge in [0.1, 0.15) is 10.6 Å². The molecule has 0 atom stereocenters. The monoisotopic (exact) mass is 630 g/mol. The number of hydrogen-bond acceptors (Lipinski definition) is 8. The summed E-state index contributed by atoms with van der Waals surface area (Å²) in [6, 6.07) is 22.5. The van der Waals surface area contributed by atoms with Crippen molar-refractivity contribution in [2.24, 2.45) is 5.10 Å². The zero-order chi connectivity index (χ0) is 31.5. The van der Waals surface area contributed by atoms with E-state index >= 15 is 0 Å². The number of hydrazone groups is 1. The van der Waals surface area contributed by atoms with Crippen molar-refractivity contribution < 1.29 is 23.9 Å². The molecule has 0 saturated carbocycles. The molecular weight excluding hydrogens is 600 g/mol. The summed E-state index contributed by atoms with van der Waals surface area (Å²) < 4.78 is 10.8. The minimum Gasteiger partial charge on any atom is -0.493 e. The number of methoxy groups -OCH3 is 1. The van der Waals surface area contributed by atoms with E-state index in [9.17, 15) is 14.4 Å². The lowest BCUT2D eigenvalue weighted by Crippen LogP contribution is -2.33. The number of rotatable bonds is 12. The van der Waals surface area contributed by atoms with Gasteiger partial charge in [-0.05, 0) is 85.0 Å². The molecule has 226 valence electrons. The zero-order valence-corrected chi connectivity index (χ0v) is 25.9. The second-order valence-electron chi connectivity index (χ2n) is 9.23. The molecule has 11 heteroatoms. The number of esters is 1. The lowest BCUT2D eigenvalue weighted by atomic mass is 10.1. The van der Waals surface area contributed by atoms with Crippen molar-refractivity contribution in [3.8, 4) is 11.5 Å². The predicted octanol–water partition coefficient (Wildman–Crippen LogP) is 6.40. The van der Waals surface area contributed by atoms with Crippen molar-refractivity contribution in [3.05, 3.63) is 117 Å². The summed E-state index contributed by atoms with van der Waals surface area (Å²) in [6.45, 7) is 5.88. The number of carbonyl (C=O) groups is 3. The summed E-state index contributed by atoms with van der Waals surface area (Å²) in [5, 5.41) is 8.76. The third kappa shape index (κ3) is 8.33. The summed E-state index contributed by atoms with van der Waals surface area (Å²) in [6.07, 6.45) is 2.96. The lowest BCUT2D eigenvalue weighted by molar-refractivity contribution is -0.117. The molecule has 0 fully saturated rings. The molecule has 9 nitrogen and oxygen atoms in total. The maximum Gasteiger partial charge on any atom is 0.353 e. The number of carbonyl (C=O) groups excluding carboxylic acids is 3. The van der Waals surface area contributed by atoms with Crippen molar-refractivity contribution >= 4 is 58.7 Å². The highest BCUT2D eigenvalue weighted by Gasteiger charge is 2.17. The van der Waals surface area contributed by atoms with Crippen LogP contribution in [0.15, 0.2) is 95.0 Å². The van der Waals surface area contributed by atoms with Gasteiger partial charge >= 0.3 is 5.97 Å². The first-order valence-corrected chi connectivity index (χ1v) is 15.0. The van der Waals surface area contributed by atoms with Gasteiger partial charge in [0, 0.05) is 18.8 Å². The van der Waals surface area contributed by atoms with E-state index in [0.29, 0.717) is 21.8 Å². The quantitative estimate of drug-likeness (QED) is 0.0617. The fourth-order valence-electron chi connectivity index (χ4n) is 4.15. The first-order valence-electron chi connectivity index (χ1n) is 13.7. The largest absolute Gasteiger partial charge is 0.493 e. The van der Waals surface area contributed by atoms with Crippen molar-refractivity contribution in [2.45, 2.75) is 13.8 Å². The van der Waals surface area contributed by atoms with Gasteiger partial charge in [-0.2, -0.15) is 5.10 Å². The Morgan fingerprint density at radius 2 is 1.66 bits per heavy atom. The van der Waals surface area contributed by atoms with Crippen LogP contribution in [-0.2, 0) is 4.79 Å². The van der Waals surface area contributed by atoms with Gasteiger partial charge in [0.15, 0.2) is 11.5 Å². The Hall–Kier alpha value is -4.93. The third-order valence-electron chi connectivity index (χ3n) is 6.44. The van der Waals surface area contributed by atoms with Crippen LogP contribution in [0.25, 0.3) is 6.08 Å². The van der Waals surface area contributed by atoms with E-state index < -0.39 is 17.8 Å². The van der Waals surface area contributed by atoms with Crippen LogP contribution in [0, 0.1) is 0 Å². The first kappa shape index (κ1) is 32.0. The Kier molecular flexibility index (Phi) is 11.3. The highest BCUT2D eigenvalue weighted by Crippen LogP contribution is 2.29. The van der Waals surface area contributed by atoms with Crippen LogP contribution in [0.4, 0.5) is 5.69 Å². The van der Waals surface area contributed by atoms with Crippen molar-refractivity contribution in [2.75, 3.05) is 25.1 Å². The van der Waals surface area contributed by atoms with E-state index in [1.54, 1.807) is 66.1 Å². The minimum absolute atomic E-state index is 0.0314. The number of thiophene rings is 1. The summed E-state index contributed by atoms with van der Waals surface area (Å²) in [4.78, 5) is 41.3. The molecule has 0 bridgehead atoms. The van der Waals surface area contributed by atoms with Crippen molar-refractivity contribution in [3.63, 3.8) is 0 Å². The third-order valence-corrected chi connectivity index (χ3v) is 7.62. The number of nitrogens with zero attached hydrogens (tertiary/aromatic N) is 2. The van der Waals surface area contributed by atoms with Gasteiger partial charge in [0.25, 0.3) is 11.8 Å². The van der Waals surface area contributed by atoms with Crippen LogP contribution in [0.5, 0.6) is 11.5 Å². The van der Waals surface area contributed by atoms with E-state index in [0.717, 1.165) is 18.8 Å². The molecule has 2 amide bonds. The number of ether oxygens (including phenoxy) is 2. The van der Waals surface area contributed by atoms with Crippen LogP contribution in [0.1, 0.15) is 45.0 Å². The second kappa shape index (κ2) is 15.5. The maximum absolute atomic E-state index is 13.2. The molecule has 3 aromatic carbocycles. The Bertz CT molecular complexity index is 1670. The molecule has 4 rings (SSSR count). The van der Waals surface area contributed by atoms with Crippen LogP contribution in [-0.4, -0.2) is 44.2 Å². The molecular formula is C33H31ClN4O5S. The standard InChI is InChI=1S/C33H31ClN4O5S/c1-4-38(5-2)24-15-12-22(13-16-24)19-27(36-31(39)25-9-6-7-10-26(25)34)32(40)37-35-21-23-14-17-28(29(20-23)42-3)43-33(41)30-11-8-18-44-30/h6-21H,4-5H2,1-3H3,(H,36,39)(H,37,40)/b27-19+,35-21+. The Morgan fingerprint density at radius 3 is 2.32 bits per heavy atom. The highest BCUT2D eigenvalue weighted by atomic mass is 35.5. The van der Waals surface area contributed by atoms with Crippen LogP contribution in [0.3, 0.4) is 0 Å². The lowest BCUT2D eigenvalue weighted by Gasteiger charge is -2.21. The fraction of sp³-hybridized carbons (Fsp3) is 0.152. The van der Waals surface area contributed by atoms with Gasteiger partial charge < -0.3 is 19.7 Å². The number of anilines is 1. The van der Waals surface area contributed by atoms with E-state index in [1.807, 2.05) is 24.3 Å². The number of amides is 2. The van der Waals surface area contributed by atoms with Gasteiger partial charge in [-0.1, -0.05) is 41.9 Å². The van der Waals surface area contributed by atoms with Gasteiger partial charge in [0.05, 0.1) is 23.9 Å². The van der Waals surface area contributed by atoms with Crippen molar-refractivity contribution in [1.82, 2.24) is 10.7 Å². The summed E-state index contributed by atoms with van der Waals surface area (Å²) in [7, 11) is 1.45. The normalized spacial score (nSPS) is 11.2. The molecule has 0 aliphatic carbocycles. The molecule has 44 heavy (non-hydrogen) atoms. The van der Waals surface area contributed by atoms with Gasteiger partial charge in [-0.15, -0.1) is 11.3 Å². The van der Waals surface area contributed by atoms with Gasteiger partial charge in [-0.3, -0.25) is 9.59 Å². The minimum atomic E-state index is -0.650. The van der Waals surface area contributed by atoms with Crippen molar-refractivity contribution in [1.29, 1.82) is 0 Å². The number of benzene rings is 3. The van der Waals surface area contributed by atoms with E-state index in [-0.39, 0.29) is 22.0 Å². The van der Waals surface area contributed by atoms with Crippen LogP contribution in [0.2, 0.25) is 5.02 Å². The Morgan fingerprint density at radius 1 is 0.932 bits per heavy atom. The van der Waals surface area contributed by atoms with Crippen LogP contribution >= 0.6 is 22.9 Å². The number of halogens is 1. The molecule has 0 aliphatic rings. The smallest absolute Gasteiger partial charge is 0.353 e. The average Bonchev–Trinajstić information content (AvgIpc) is 3.58. The predicted molar refractivity (Wildman–Crippen MR) is 175 cm³/mol. The molecule has 0 radical (unpaired) electrons. The topological polar surface area (TPSA) is 109 Å². The summed E-state index contributed by atoms with van der Waals surface area (Å²) in [5.41, 5.74) is 4.96. The summed E-state index contributed by atoms with van der Waals surface area (Å²) in [5.74, 6) is -1.13.